The lowest BCUT2D eigenvalue weighted by Crippen LogP contribution is -2.47. The smallest absolute Gasteiger partial charge is 0.308 e. The summed E-state index contributed by atoms with van der Waals surface area (Å²) in [6.07, 6.45) is 6.91. The van der Waals surface area contributed by atoms with Crippen molar-refractivity contribution in [2.24, 2.45) is 5.92 Å². The third-order valence-corrected chi connectivity index (χ3v) is 4.84. The van der Waals surface area contributed by atoms with E-state index in [0.717, 1.165) is 51.6 Å². The van der Waals surface area contributed by atoms with E-state index in [4.69, 9.17) is 9.47 Å². The van der Waals surface area contributed by atoms with Gasteiger partial charge >= 0.3 is 5.97 Å². The maximum absolute atomic E-state index is 12.3. The number of hydrogen-bond donors (Lipinski definition) is 2. The van der Waals surface area contributed by atoms with Gasteiger partial charge < -0.3 is 19.9 Å². The van der Waals surface area contributed by atoms with Gasteiger partial charge in [-0.15, -0.1) is 0 Å². The van der Waals surface area contributed by atoms with Gasteiger partial charge in [0.25, 0.3) is 0 Å². The molecular weight excluding hydrogens is 298 g/mol. The fourth-order valence-electron chi connectivity index (χ4n) is 3.36. The first-order valence-corrected chi connectivity index (χ1v) is 8.84. The van der Waals surface area contributed by atoms with Crippen LogP contribution in [-0.4, -0.2) is 48.4 Å². The van der Waals surface area contributed by atoms with Crippen LogP contribution in [0.15, 0.2) is 0 Å². The molecule has 1 saturated heterocycles. The molecule has 2 rings (SSSR count). The average Bonchev–Trinajstić information content (AvgIpc) is 3.00. The van der Waals surface area contributed by atoms with Crippen molar-refractivity contribution in [1.82, 2.24) is 5.32 Å². The monoisotopic (exact) mass is 327 g/mol. The molecule has 2 fully saturated rings. The molecule has 6 nitrogen and oxygen atoms in total. The molecule has 0 aromatic carbocycles. The standard InChI is InChI=1S/C17H29NO5/c1-12(23-11-13-7-6-10-22-13)16(19)18-15-9-5-3-2-4-8-14(15)17(20)21/h12-15H,2-11H2,1H3,(H,18,19)(H,20,21). The summed E-state index contributed by atoms with van der Waals surface area (Å²) in [4.78, 5) is 23.8. The summed E-state index contributed by atoms with van der Waals surface area (Å²) < 4.78 is 11.1. The lowest BCUT2D eigenvalue weighted by atomic mass is 9.86. The van der Waals surface area contributed by atoms with Gasteiger partial charge in [0.05, 0.1) is 18.6 Å². The highest BCUT2D eigenvalue weighted by molar-refractivity contribution is 5.81. The first kappa shape index (κ1) is 18.2. The molecule has 2 aliphatic rings. The van der Waals surface area contributed by atoms with Crippen molar-refractivity contribution in [3.8, 4) is 0 Å². The van der Waals surface area contributed by atoms with Gasteiger partial charge in [0.2, 0.25) is 5.91 Å². The highest BCUT2D eigenvalue weighted by Gasteiger charge is 2.31. The van der Waals surface area contributed by atoms with Crippen molar-refractivity contribution in [2.75, 3.05) is 13.2 Å². The Morgan fingerprint density at radius 3 is 2.57 bits per heavy atom. The normalized spacial score (nSPS) is 30.2. The number of nitrogens with one attached hydrogen (secondary N) is 1. The second-order valence-corrected chi connectivity index (χ2v) is 6.66. The van der Waals surface area contributed by atoms with Crippen LogP contribution in [0.25, 0.3) is 0 Å². The van der Waals surface area contributed by atoms with Crippen LogP contribution in [0.3, 0.4) is 0 Å². The largest absolute Gasteiger partial charge is 0.481 e. The number of carbonyl (C=O) groups is 2. The van der Waals surface area contributed by atoms with Gasteiger partial charge in [-0.05, 0) is 32.6 Å². The predicted octanol–water partition coefficient (Wildman–Crippen LogP) is 2.11. The number of carbonyl (C=O) groups excluding carboxylic acids is 1. The third-order valence-electron chi connectivity index (χ3n) is 4.84. The molecule has 6 heteroatoms. The zero-order chi connectivity index (χ0) is 16.7. The van der Waals surface area contributed by atoms with Crippen LogP contribution in [0.2, 0.25) is 0 Å². The van der Waals surface area contributed by atoms with E-state index >= 15 is 0 Å². The second-order valence-electron chi connectivity index (χ2n) is 6.66. The summed E-state index contributed by atoms with van der Waals surface area (Å²) in [5, 5.41) is 12.3. The molecule has 1 saturated carbocycles. The Kier molecular flexibility index (Phi) is 7.30. The number of carboxylic acids is 1. The van der Waals surface area contributed by atoms with Gasteiger partial charge in [0.15, 0.2) is 0 Å². The van der Waals surface area contributed by atoms with E-state index in [-0.39, 0.29) is 18.1 Å². The molecule has 1 aliphatic carbocycles. The molecule has 0 aromatic heterocycles. The van der Waals surface area contributed by atoms with E-state index in [2.05, 4.69) is 5.32 Å². The first-order chi connectivity index (χ1) is 11.1. The van der Waals surface area contributed by atoms with Gasteiger partial charge in [-0.25, -0.2) is 0 Å². The molecule has 0 aromatic rings. The van der Waals surface area contributed by atoms with Crippen LogP contribution in [0.4, 0.5) is 0 Å². The maximum atomic E-state index is 12.3. The molecule has 132 valence electrons. The van der Waals surface area contributed by atoms with Crippen LogP contribution in [-0.2, 0) is 19.1 Å². The number of ether oxygens (including phenoxy) is 2. The van der Waals surface area contributed by atoms with Gasteiger partial charge in [-0.1, -0.05) is 25.7 Å². The fraction of sp³-hybridized carbons (Fsp3) is 0.882. The van der Waals surface area contributed by atoms with E-state index in [9.17, 15) is 14.7 Å². The average molecular weight is 327 g/mol. The second kappa shape index (κ2) is 9.23. The summed E-state index contributed by atoms with van der Waals surface area (Å²) >= 11 is 0. The number of rotatable bonds is 6. The topological polar surface area (TPSA) is 84.9 Å². The third kappa shape index (κ3) is 5.77. The van der Waals surface area contributed by atoms with E-state index < -0.39 is 18.0 Å². The fourth-order valence-corrected chi connectivity index (χ4v) is 3.36. The van der Waals surface area contributed by atoms with E-state index in [0.29, 0.717) is 13.0 Å². The van der Waals surface area contributed by atoms with Crippen molar-refractivity contribution in [3.63, 3.8) is 0 Å². The number of carboxylic acid groups (broad SMARTS) is 1. The Hall–Kier alpha value is -1.14. The highest BCUT2D eigenvalue weighted by Crippen LogP contribution is 2.23. The van der Waals surface area contributed by atoms with Gasteiger partial charge in [0, 0.05) is 12.6 Å². The molecule has 1 aliphatic heterocycles. The molecular formula is C17H29NO5. The van der Waals surface area contributed by atoms with E-state index in [1.165, 1.54) is 0 Å². The van der Waals surface area contributed by atoms with Crippen molar-refractivity contribution < 1.29 is 24.2 Å². The zero-order valence-corrected chi connectivity index (χ0v) is 14.0. The molecule has 4 unspecified atom stereocenters. The van der Waals surface area contributed by atoms with Crippen LogP contribution < -0.4 is 5.32 Å². The van der Waals surface area contributed by atoms with Crippen LogP contribution in [0, 0.1) is 5.92 Å². The summed E-state index contributed by atoms with van der Waals surface area (Å²) in [6, 6.07) is -0.297. The maximum Gasteiger partial charge on any atom is 0.308 e. The molecule has 4 atom stereocenters. The number of hydrogen-bond acceptors (Lipinski definition) is 4. The molecule has 2 N–H and O–H groups in total. The molecule has 0 radical (unpaired) electrons. The Morgan fingerprint density at radius 1 is 1.17 bits per heavy atom. The van der Waals surface area contributed by atoms with Gasteiger partial charge in [0.1, 0.15) is 6.10 Å². The number of amides is 1. The molecule has 0 bridgehead atoms. The lowest BCUT2D eigenvalue weighted by Gasteiger charge is -2.28. The summed E-state index contributed by atoms with van der Waals surface area (Å²) in [5.74, 6) is -1.53. The Morgan fingerprint density at radius 2 is 1.91 bits per heavy atom. The van der Waals surface area contributed by atoms with Crippen molar-refractivity contribution in [2.45, 2.75) is 76.5 Å². The minimum Gasteiger partial charge on any atom is -0.481 e. The van der Waals surface area contributed by atoms with Crippen molar-refractivity contribution in [3.05, 3.63) is 0 Å². The molecule has 1 amide bonds. The Bertz CT molecular complexity index is 394. The Balaban J connectivity index is 1.83. The van der Waals surface area contributed by atoms with Gasteiger partial charge in [-0.3, -0.25) is 9.59 Å². The minimum atomic E-state index is -0.815. The van der Waals surface area contributed by atoms with Crippen molar-refractivity contribution in [1.29, 1.82) is 0 Å². The summed E-state index contributed by atoms with van der Waals surface area (Å²) in [6.45, 7) is 2.89. The lowest BCUT2D eigenvalue weighted by molar-refractivity contribution is -0.144. The molecule has 23 heavy (non-hydrogen) atoms. The van der Waals surface area contributed by atoms with Crippen molar-refractivity contribution >= 4 is 11.9 Å². The summed E-state index contributed by atoms with van der Waals surface area (Å²) in [5.41, 5.74) is 0. The highest BCUT2D eigenvalue weighted by atomic mass is 16.5. The number of aliphatic carboxylic acids is 1. The zero-order valence-electron chi connectivity index (χ0n) is 14.0. The Labute approximate surface area is 137 Å². The van der Waals surface area contributed by atoms with E-state index in [1.807, 2.05) is 0 Å². The van der Waals surface area contributed by atoms with Crippen LogP contribution in [0.1, 0.15) is 58.3 Å². The summed E-state index contributed by atoms with van der Waals surface area (Å²) in [7, 11) is 0. The quantitative estimate of drug-likeness (QED) is 0.780. The first-order valence-electron chi connectivity index (χ1n) is 8.84. The SMILES string of the molecule is CC(OCC1CCCO1)C(=O)NC1CCCCCCC1C(=O)O. The minimum absolute atomic E-state index is 0.0819. The van der Waals surface area contributed by atoms with Crippen LogP contribution >= 0.6 is 0 Å². The van der Waals surface area contributed by atoms with Gasteiger partial charge in [-0.2, -0.15) is 0 Å². The van der Waals surface area contributed by atoms with E-state index in [1.54, 1.807) is 6.92 Å². The molecule has 0 spiro atoms. The predicted molar refractivity (Wildman–Crippen MR) is 85.1 cm³/mol. The van der Waals surface area contributed by atoms with Crippen LogP contribution in [0.5, 0.6) is 0 Å². The molecule has 1 heterocycles.